The lowest BCUT2D eigenvalue weighted by atomic mass is 10.1. The molecule has 2 heterocycles. The Labute approximate surface area is 167 Å². The summed E-state index contributed by atoms with van der Waals surface area (Å²) in [7, 11) is 2.12. The highest BCUT2D eigenvalue weighted by molar-refractivity contribution is 5.79. The molecule has 148 valence electrons. The van der Waals surface area contributed by atoms with Crippen LogP contribution in [-0.4, -0.2) is 51.9 Å². The van der Waals surface area contributed by atoms with Gasteiger partial charge in [-0.3, -0.25) is 4.79 Å². The number of aromatic nitrogens is 2. The maximum absolute atomic E-state index is 12.4. The number of carbonyl (C=O) groups is 1. The van der Waals surface area contributed by atoms with Crippen LogP contribution in [0.25, 0.3) is 11.4 Å². The molecule has 1 atom stereocenters. The summed E-state index contributed by atoms with van der Waals surface area (Å²) in [5, 5.41) is 0. The van der Waals surface area contributed by atoms with E-state index in [0.717, 1.165) is 36.6 Å². The molecule has 2 aromatic rings. The molecule has 0 N–H and O–H groups in total. The normalized spacial score (nSPS) is 20.5. The Hall–Kier alpha value is -2.27. The highest BCUT2D eigenvalue weighted by Gasteiger charge is 2.35. The Morgan fingerprint density at radius 1 is 1.18 bits per heavy atom. The minimum absolute atomic E-state index is 0.358. The minimum atomic E-state index is 0.358. The van der Waals surface area contributed by atoms with Gasteiger partial charge < -0.3 is 9.80 Å². The van der Waals surface area contributed by atoms with Gasteiger partial charge in [0, 0.05) is 55.6 Å². The molecule has 0 radical (unpaired) electrons. The molecule has 2 aliphatic rings. The van der Waals surface area contributed by atoms with Crippen LogP contribution in [0.5, 0.6) is 0 Å². The number of nitrogens with zero attached hydrogens (tertiary/aromatic N) is 4. The number of hydrogen-bond acceptors (Lipinski definition) is 4. The van der Waals surface area contributed by atoms with Crippen molar-refractivity contribution in [1.82, 2.24) is 19.8 Å². The van der Waals surface area contributed by atoms with Crippen LogP contribution in [0.1, 0.15) is 43.2 Å². The Morgan fingerprint density at radius 3 is 2.64 bits per heavy atom. The lowest BCUT2D eigenvalue weighted by molar-refractivity contribution is -0.129. The van der Waals surface area contributed by atoms with Crippen LogP contribution in [0.3, 0.4) is 0 Å². The zero-order chi connectivity index (χ0) is 19.5. The molecule has 0 spiro atoms. The molecule has 1 unspecified atom stereocenters. The number of carbonyl (C=O) groups excluding carboxylic acids is 1. The maximum Gasteiger partial charge on any atom is 0.223 e. The van der Waals surface area contributed by atoms with Crippen molar-refractivity contribution in [2.75, 3.05) is 20.1 Å². The summed E-state index contributed by atoms with van der Waals surface area (Å²) in [5.41, 5.74) is 3.37. The van der Waals surface area contributed by atoms with Crippen LogP contribution < -0.4 is 0 Å². The Morgan fingerprint density at radius 2 is 1.93 bits per heavy atom. The number of benzene rings is 1. The van der Waals surface area contributed by atoms with Gasteiger partial charge in [-0.25, -0.2) is 9.97 Å². The van der Waals surface area contributed by atoms with Gasteiger partial charge in [0.1, 0.15) is 0 Å². The first-order valence-corrected chi connectivity index (χ1v) is 10.4. The van der Waals surface area contributed by atoms with E-state index in [0.29, 0.717) is 24.3 Å². The van der Waals surface area contributed by atoms with Gasteiger partial charge in [0.2, 0.25) is 5.91 Å². The molecule has 1 aromatic heterocycles. The number of hydrogen-bond donors (Lipinski definition) is 0. The lowest BCUT2D eigenvalue weighted by Crippen LogP contribution is -2.35. The summed E-state index contributed by atoms with van der Waals surface area (Å²) in [6, 6.07) is 8.77. The first kappa shape index (κ1) is 19.1. The van der Waals surface area contributed by atoms with Crippen LogP contribution >= 0.6 is 0 Å². The Bertz CT molecular complexity index is 814. The molecule has 0 bridgehead atoms. The van der Waals surface area contributed by atoms with Crippen LogP contribution in [0.2, 0.25) is 0 Å². The van der Waals surface area contributed by atoms with Crippen molar-refractivity contribution in [3.63, 3.8) is 0 Å². The molecule has 4 rings (SSSR count). The second-order valence-corrected chi connectivity index (χ2v) is 8.54. The number of aryl methyl sites for hydroxylation is 1. The summed E-state index contributed by atoms with van der Waals surface area (Å²) in [5.74, 6) is 1.56. The number of amides is 1. The summed E-state index contributed by atoms with van der Waals surface area (Å²) in [4.78, 5) is 25.9. The molecular formula is C23H30N4O. The second kappa shape index (κ2) is 8.39. The maximum atomic E-state index is 12.4. The molecule has 2 fully saturated rings. The average Bonchev–Trinajstić information content (AvgIpc) is 3.32. The molecule has 1 aromatic carbocycles. The quantitative estimate of drug-likeness (QED) is 0.769. The zero-order valence-electron chi connectivity index (χ0n) is 17.0. The minimum Gasteiger partial charge on any atom is -0.339 e. The van der Waals surface area contributed by atoms with Crippen molar-refractivity contribution in [3.05, 3.63) is 47.8 Å². The number of likely N-dealkylation sites (tertiary alicyclic amines) is 1. The van der Waals surface area contributed by atoms with Crippen LogP contribution in [0.15, 0.2) is 36.7 Å². The summed E-state index contributed by atoms with van der Waals surface area (Å²) >= 11 is 0. The van der Waals surface area contributed by atoms with E-state index in [2.05, 4.69) is 45.9 Å². The van der Waals surface area contributed by atoms with E-state index in [-0.39, 0.29) is 0 Å². The molecule has 1 amide bonds. The van der Waals surface area contributed by atoms with Gasteiger partial charge in [-0.2, -0.15) is 0 Å². The standard InChI is InChI=1S/C23H30N4O/c1-17-6-5-7-20(10-17)23-24-12-19(13-25-23)15-26(2)14-18-11-22(28)27(16-18)21-8-3-4-9-21/h5-7,10,12-13,18,21H,3-4,8-9,11,14-16H2,1-2H3. The molecule has 5 heteroatoms. The lowest BCUT2D eigenvalue weighted by Gasteiger charge is -2.25. The molecule has 28 heavy (non-hydrogen) atoms. The largest absolute Gasteiger partial charge is 0.339 e. The second-order valence-electron chi connectivity index (χ2n) is 8.54. The Balaban J connectivity index is 1.31. The van der Waals surface area contributed by atoms with E-state index in [1.165, 1.54) is 31.2 Å². The summed E-state index contributed by atoms with van der Waals surface area (Å²) in [6.07, 6.45) is 9.48. The average molecular weight is 379 g/mol. The molecular weight excluding hydrogens is 348 g/mol. The third kappa shape index (κ3) is 4.41. The van der Waals surface area contributed by atoms with Gasteiger partial charge >= 0.3 is 0 Å². The van der Waals surface area contributed by atoms with Gasteiger partial charge in [-0.15, -0.1) is 0 Å². The van der Waals surface area contributed by atoms with E-state index in [1.54, 1.807) is 0 Å². The summed E-state index contributed by atoms with van der Waals surface area (Å²) in [6.45, 7) is 4.75. The molecule has 1 aliphatic carbocycles. The predicted molar refractivity (Wildman–Crippen MR) is 111 cm³/mol. The Kier molecular flexibility index (Phi) is 5.72. The highest BCUT2D eigenvalue weighted by Crippen LogP contribution is 2.29. The van der Waals surface area contributed by atoms with Crippen molar-refractivity contribution >= 4 is 5.91 Å². The third-order valence-electron chi connectivity index (χ3n) is 6.01. The van der Waals surface area contributed by atoms with Gasteiger partial charge in [-0.05, 0) is 38.8 Å². The van der Waals surface area contributed by atoms with Crippen molar-refractivity contribution in [3.8, 4) is 11.4 Å². The molecule has 1 saturated heterocycles. The molecule has 1 saturated carbocycles. The fourth-order valence-corrected chi connectivity index (χ4v) is 4.69. The number of rotatable bonds is 6. The first-order chi connectivity index (χ1) is 13.6. The molecule has 1 aliphatic heterocycles. The van der Waals surface area contributed by atoms with Crippen LogP contribution in [-0.2, 0) is 11.3 Å². The van der Waals surface area contributed by atoms with E-state index in [4.69, 9.17) is 0 Å². The monoisotopic (exact) mass is 378 g/mol. The van der Waals surface area contributed by atoms with E-state index >= 15 is 0 Å². The van der Waals surface area contributed by atoms with E-state index in [1.807, 2.05) is 24.5 Å². The first-order valence-electron chi connectivity index (χ1n) is 10.4. The third-order valence-corrected chi connectivity index (χ3v) is 6.01. The van der Waals surface area contributed by atoms with Gasteiger partial charge in [0.15, 0.2) is 5.82 Å². The fourth-order valence-electron chi connectivity index (χ4n) is 4.69. The van der Waals surface area contributed by atoms with E-state index in [9.17, 15) is 4.79 Å². The van der Waals surface area contributed by atoms with E-state index < -0.39 is 0 Å². The predicted octanol–water partition coefficient (Wildman–Crippen LogP) is 3.67. The van der Waals surface area contributed by atoms with Crippen LogP contribution in [0.4, 0.5) is 0 Å². The van der Waals surface area contributed by atoms with Gasteiger partial charge in [0.25, 0.3) is 0 Å². The zero-order valence-corrected chi connectivity index (χ0v) is 17.0. The van der Waals surface area contributed by atoms with Gasteiger partial charge in [0.05, 0.1) is 0 Å². The molecule has 5 nitrogen and oxygen atoms in total. The SMILES string of the molecule is Cc1cccc(-c2ncc(CN(C)CC3CC(=O)N(C4CCCC4)C3)cn2)c1. The van der Waals surface area contributed by atoms with Crippen molar-refractivity contribution in [2.45, 2.75) is 51.6 Å². The smallest absolute Gasteiger partial charge is 0.223 e. The topological polar surface area (TPSA) is 49.3 Å². The van der Waals surface area contributed by atoms with Crippen molar-refractivity contribution in [2.24, 2.45) is 5.92 Å². The summed E-state index contributed by atoms with van der Waals surface area (Å²) < 4.78 is 0. The van der Waals surface area contributed by atoms with Gasteiger partial charge in [-0.1, -0.05) is 36.6 Å². The van der Waals surface area contributed by atoms with Crippen LogP contribution in [0, 0.1) is 12.8 Å². The van der Waals surface area contributed by atoms with Crippen molar-refractivity contribution < 1.29 is 4.79 Å². The van der Waals surface area contributed by atoms with Crippen molar-refractivity contribution in [1.29, 1.82) is 0 Å². The highest BCUT2D eigenvalue weighted by atomic mass is 16.2. The fraction of sp³-hybridized carbons (Fsp3) is 0.522.